The highest BCUT2D eigenvalue weighted by molar-refractivity contribution is 7.80. The fourth-order valence-corrected chi connectivity index (χ4v) is 3.42. The summed E-state index contributed by atoms with van der Waals surface area (Å²) in [5.41, 5.74) is 1.76. The summed E-state index contributed by atoms with van der Waals surface area (Å²) in [6, 6.07) is 3.72. The van der Waals surface area contributed by atoms with E-state index >= 15 is 0 Å². The number of rotatable bonds is 5. The number of ether oxygens (including phenoxy) is 2. The fraction of sp³-hybridized carbons (Fsp3) is 0.250. The van der Waals surface area contributed by atoms with Crippen molar-refractivity contribution in [2.75, 3.05) is 19.5 Å². The van der Waals surface area contributed by atoms with E-state index in [-0.39, 0.29) is 5.56 Å². The minimum absolute atomic E-state index is 0.265. The molecular formula is C16H17N3O4S2. The molecule has 2 N–H and O–H groups in total. The summed E-state index contributed by atoms with van der Waals surface area (Å²) in [6.45, 7) is 2.16. The maximum Gasteiger partial charge on any atom is 0.348 e. The summed E-state index contributed by atoms with van der Waals surface area (Å²) in [5.74, 6) is -1.07. The SMILES string of the molecule is COC(=O)c1sc(NC(=S)NCc2ccncc2)c(C(=O)OC)c1C. The second kappa shape index (κ2) is 8.54. The van der Waals surface area contributed by atoms with Crippen molar-refractivity contribution in [1.82, 2.24) is 10.3 Å². The van der Waals surface area contributed by atoms with Crippen molar-refractivity contribution in [1.29, 1.82) is 0 Å². The molecule has 2 rings (SSSR count). The maximum atomic E-state index is 12.1. The Hall–Kier alpha value is -2.52. The van der Waals surface area contributed by atoms with Crippen molar-refractivity contribution < 1.29 is 19.1 Å². The van der Waals surface area contributed by atoms with Gasteiger partial charge in [0, 0.05) is 18.9 Å². The molecule has 2 aromatic rings. The van der Waals surface area contributed by atoms with Crippen molar-refractivity contribution in [3.05, 3.63) is 46.1 Å². The van der Waals surface area contributed by atoms with E-state index in [0.29, 0.717) is 27.1 Å². The van der Waals surface area contributed by atoms with Gasteiger partial charge in [-0.05, 0) is 42.4 Å². The lowest BCUT2D eigenvalue weighted by molar-refractivity contribution is 0.0601. The molecule has 25 heavy (non-hydrogen) atoms. The quantitative estimate of drug-likeness (QED) is 0.605. The first-order valence-electron chi connectivity index (χ1n) is 7.21. The molecule has 0 bridgehead atoms. The molecule has 2 aromatic heterocycles. The Morgan fingerprint density at radius 2 is 1.84 bits per heavy atom. The number of methoxy groups -OCH3 is 2. The van der Waals surface area contributed by atoms with Crippen molar-refractivity contribution in [3.8, 4) is 0 Å². The molecule has 2 heterocycles. The molecule has 0 aliphatic carbocycles. The van der Waals surface area contributed by atoms with Crippen molar-refractivity contribution in [3.63, 3.8) is 0 Å². The van der Waals surface area contributed by atoms with E-state index in [2.05, 4.69) is 15.6 Å². The second-order valence-electron chi connectivity index (χ2n) is 4.91. The van der Waals surface area contributed by atoms with Crippen LogP contribution < -0.4 is 10.6 Å². The average Bonchev–Trinajstić information content (AvgIpc) is 2.95. The zero-order valence-electron chi connectivity index (χ0n) is 13.9. The van der Waals surface area contributed by atoms with Crippen LogP contribution in [0.1, 0.15) is 31.2 Å². The number of esters is 2. The summed E-state index contributed by atoms with van der Waals surface area (Å²) in [6.07, 6.45) is 3.38. The fourth-order valence-electron chi connectivity index (χ4n) is 2.07. The highest BCUT2D eigenvalue weighted by Crippen LogP contribution is 2.34. The van der Waals surface area contributed by atoms with Crippen LogP contribution in [0.5, 0.6) is 0 Å². The first kappa shape index (κ1) is 18.8. The summed E-state index contributed by atoms with van der Waals surface area (Å²) in [7, 11) is 2.56. The number of aromatic nitrogens is 1. The van der Waals surface area contributed by atoms with Crippen molar-refractivity contribution in [2.45, 2.75) is 13.5 Å². The highest BCUT2D eigenvalue weighted by atomic mass is 32.1. The van der Waals surface area contributed by atoms with Crippen molar-refractivity contribution >= 4 is 45.6 Å². The second-order valence-corrected chi connectivity index (χ2v) is 6.34. The number of anilines is 1. The van der Waals surface area contributed by atoms with E-state index in [1.165, 1.54) is 14.2 Å². The molecule has 0 aliphatic heterocycles. The third kappa shape index (κ3) is 4.52. The first-order valence-corrected chi connectivity index (χ1v) is 8.44. The number of pyridine rings is 1. The van der Waals surface area contributed by atoms with Gasteiger partial charge >= 0.3 is 11.9 Å². The molecule has 0 atom stereocenters. The molecule has 0 aliphatic rings. The monoisotopic (exact) mass is 379 g/mol. The lowest BCUT2D eigenvalue weighted by Gasteiger charge is -2.10. The predicted molar refractivity (Wildman–Crippen MR) is 99.0 cm³/mol. The van der Waals surface area contributed by atoms with Crippen LogP contribution >= 0.6 is 23.6 Å². The van der Waals surface area contributed by atoms with E-state index in [1.54, 1.807) is 19.3 Å². The van der Waals surface area contributed by atoms with Gasteiger partial charge in [0.15, 0.2) is 5.11 Å². The minimum Gasteiger partial charge on any atom is -0.465 e. The Balaban J connectivity index is 2.18. The molecule has 0 saturated carbocycles. The zero-order valence-corrected chi connectivity index (χ0v) is 15.5. The van der Waals surface area contributed by atoms with E-state index in [0.717, 1.165) is 16.9 Å². The normalized spacial score (nSPS) is 10.0. The number of hydrogen-bond acceptors (Lipinski definition) is 7. The Morgan fingerprint density at radius 3 is 2.44 bits per heavy atom. The van der Waals surface area contributed by atoms with Gasteiger partial charge in [0.1, 0.15) is 9.88 Å². The molecule has 0 amide bonds. The van der Waals surface area contributed by atoms with Gasteiger partial charge in [-0.1, -0.05) is 0 Å². The van der Waals surface area contributed by atoms with E-state index in [1.807, 2.05) is 12.1 Å². The third-order valence-electron chi connectivity index (χ3n) is 3.34. The molecule has 0 saturated heterocycles. The van der Waals surface area contributed by atoms with Gasteiger partial charge in [-0.25, -0.2) is 9.59 Å². The van der Waals surface area contributed by atoms with Crippen LogP contribution in [0.2, 0.25) is 0 Å². The molecule has 7 nitrogen and oxygen atoms in total. The average molecular weight is 379 g/mol. The molecule has 0 fully saturated rings. The van der Waals surface area contributed by atoms with Crippen LogP contribution in [0, 0.1) is 6.92 Å². The molecular weight excluding hydrogens is 362 g/mol. The number of carbonyl (C=O) groups is 2. The Labute approximate surface area is 154 Å². The summed E-state index contributed by atoms with van der Waals surface area (Å²) in [4.78, 5) is 28.2. The summed E-state index contributed by atoms with van der Waals surface area (Å²) in [5, 5.41) is 6.73. The third-order valence-corrected chi connectivity index (χ3v) is 4.77. The van der Waals surface area contributed by atoms with Gasteiger partial charge < -0.3 is 20.1 Å². The van der Waals surface area contributed by atoms with E-state index in [9.17, 15) is 9.59 Å². The van der Waals surface area contributed by atoms with Gasteiger partial charge in [-0.15, -0.1) is 11.3 Å². The maximum absolute atomic E-state index is 12.1. The minimum atomic E-state index is -0.552. The highest BCUT2D eigenvalue weighted by Gasteiger charge is 2.26. The number of nitrogens with zero attached hydrogens (tertiary/aromatic N) is 1. The largest absolute Gasteiger partial charge is 0.465 e. The number of hydrogen-bond donors (Lipinski definition) is 2. The Kier molecular flexibility index (Phi) is 6.43. The Bertz CT molecular complexity index is 790. The Morgan fingerprint density at radius 1 is 1.20 bits per heavy atom. The molecule has 132 valence electrons. The van der Waals surface area contributed by atoms with Gasteiger partial charge in [-0.3, -0.25) is 4.98 Å². The van der Waals surface area contributed by atoms with Crippen LogP contribution in [0.3, 0.4) is 0 Å². The van der Waals surface area contributed by atoms with Gasteiger partial charge in [-0.2, -0.15) is 0 Å². The number of thiocarbonyl (C=S) groups is 1. The molecule has 0 radical (unpaired) electrons. The number of carbonyl (C=O) groups excluding carboxylic acids is 2. The van der Waals surface area contributed by atoms with Crippen LogP contribution in [0.25, 0.3) is 0 Å². The van der Waals surface area contributed by atoms with Crippen LogP contribution in [0.15, 0.2) is 24.5 Å². The molecule has 0 aromatic carbocycles. The smallest absolute Gasteiger partial charge is 0.348 e. The van der Waals surface area contributed by atoms with Crippen LogP contribution in [0.4, 0.5) is 5.00 Å². The van der Waals surface area contributed by atoms with Crippen LogP contribution in [-0.4, -0.2) is 36.3 Å². The van der Waals surface area contributed by atoms with E-state index in [4.69, 9.17) is 21.7 Å². The molecule has 0 unspecified atom stereocenters. The number of thiophene rings is 1. The van der Waals surface area contributed by atoms with Gasteiger partial charge in [0.05, 0.1) is 19.8 Å². The van der Waals surface area contributed by atoms with E-state index < -0.39 is 11.9 Å². The standard InChI is InChI=1S/C16H17N3O4S2/c1-9-11(14(20)22-2)13(25-12(9)15(21)23-3)19-16(24)18-8-10-4-6-17-7-5-10/h4-7H,8H2,1-3H3,(H2,18,19,24). The van der Waals surface area contributed by atoms with Gasteiger partial charge in [0.2, 0.25) is 0 Å². The summed E-state index contributed by atoms with van der Waals surface area (Å²) < 4.78 is 9.55. The zero-order chi connectivity index (χ0) is 18.4. The lowest BCUT2D eigenvalue weighted by Crippen LogP contribution is -2.28. The topological polar surface area (TPSA) is 89.5 Å². The molecule has 9 heteroatoms. The molecule has 0 spiro atoms. The summed E-state index contributed by atoms with van der Waals surface area (Å²) >= 11 is 6.35. The number of nitrogens with one attached hydrogen (secondary N) is 2. The van der Waals surface area contributed by atoms with Crippen molar-refractivity contribution in [2.24, 2.45) is 0 Å². The first-order chi connectivity index (χ1) is 12.0. The van der Waals surface area contributed by atoms with Crippen LogP contribution in [-0.2, 0) is 16.0 Å². The van der Waals surface area contributed by atoms with Gasteiger partial charge in [0.25, 0.3) is 0 Å². The predicted octanol–water partition coefficient (Wildman–Crippen LogP) is 2.51. The lowest BCUT2D eigenvalue weighted by atomic mass is 10.1.